The summed E-state index contributed by atoms with van der Waals surface area (Å²) in [6.45, 7) is -3.09. The van der Waals surface area contributed by atoms with Gasteiger partial charge in [0.2, 0.25) is 0 Å². The fraction of sp³-hybridized carbons (Fsp3) is 0.250. The molecule has 0 N–H and O–H groups in total. The summed E-state index contributed by atoms with van der Waals surface area (Å²) in [5.41, 5.74) is 0. The molecular weight excluding hydrogens is 220 g/mol. The highest BCUT2D eigenvalue weighted by Gasteiger charge is 2.13. The number of benzene rings is 1. The van der Waals surface area contributed by atoms with E-state index in [1.165, 1.54) is 6.26 Å². The van der Waals surface area contributed by atoms with Gasteiger partial charge in [-0.3, -0.25) is 0 Å². The Morgan fingerprint density at radius 1 is 1.21 bits per heavy atom. The molecule has 0 amide bonds. The van der Waals surface area contributed by atoms with Crippen molar-refractivity contribution in [1.82, 2.24) is 0 Å². The third-order valence-electron chi connectivity index (χ3n) is 1.40. The van der Waals surface area contributed by atoms with Crippen molar-refractivity contribution in [1.29, 1.82) is 0 Å². The minimum Gasteiger partial charge on any atom is -0.435 e. The van der Waals surface area contributed by atoms with Gasteiger partial charge in [0.1, 0.15) is 17.4 Å². The van der Waals surface area contributed by atoms with Crippen LogP contribution in [0.1, 0.15) is 0 Å². The van der Waals surface area contributed by atoms with E-state index < -0.39 is 24.0 Å². The molecular formula is C8H6F4OS. The van der Waals surface area contributed by atoms with Gasteiger partial charge in [-0.1, -0.05) is 0 Å². The molecule has 78 valence electrons. The highest BCUT2D eigenvalue weighted by molar-refractivity contribution is 7.98. The van der Waals surface area contributed by atoms with Crippen molar-refractivity contribution in [2.75, 3.05) is 6.26 Å². The van der Waals surface area contributed by atoms with Crippen molar-refractivity contribution in [3.63, 3.8) is 0 Å². The summed E-state index contributed by atoms with van der Waals surface area (Å²) in [5.74, 6) is -2.34. The Bertz CT molecular complexity index is 306. The predicted octanol–water partition coefficient (Wildman–Crippen LogP) is 3.29. The molecule has 0 heterocycles. The van der Waals surface area contributed by atoms with E-state index in [9.17, 15) is 17.6 Å². The summed E-state index contributed by atoms with van der Waals surface area (Å²) in [6.07, 6.45) is 1.48. The van der Waals surface area contributed by atoms with Crippen molar-refractivity contribution in [3.8, 4) is 5.75 Å². The number of hydrogen-bond acceptors (Lipinski definition) is 2. The first-order chi connectivity index (χ1) is 6.54. The van der Waals surface area contributed by atoms with Gasteiger partial charge in [-0.15, -0.1) is 11.8 Å². The maximum Gasteiger partial charge on any atom is 0.387 e. The molecule has 0 saturated heterocycles. The molecule has 0 aliphatic heterocycles. The zero-order valence-electron chi connectivity index (χ0n) is 7.06. The van der Waals surface area contributed by atoms with Crippen LogP contribution in [0.3, 0.4) is 0 Å². The second-order valence-corrected chi connectivity index (χ2v) is 3.12. The third kappa shape index (κ3) is 2.54. The van der Waals surface area contributed by atoms with Crippen LogP contribution in [-0.2, 0) is 0 Å². The van der Waals surface area contributed by atoms with Gasteiger partial charge < -0.3 is 4.74 Å². The van der Waals surface area contributed by atoms with E-state index in [-0.39, 0.29) is 4.90 Å². The van der Waals surface area contributed by atoms with Crippen LogP contribution in [0.2, 0.25) is 0 Å². The van der Waals surface area contributed by atoms with Crippen LogP contribution in [0.5, 0.6) is 5.75 Å². The van der Waals surface area contributed by atoms with Crippen molar-refractivity contribution in [2.45, 2.75) is 11.5 Å². The zero-order chi connectivity index (χ0) is 10.7. The van der Waals surface area contributed by atoms with Crippen molar-refractivity contribution >= 4 is 11.8 Å². The highest BCUT2D eigenvalue weighted by Crippen LogP contribution is 2.27. The smallest absolute Gasteiger partial charge is 0.387 e. The van der Waals surface area contributed by atoms with Gasteiger partial charge in [-0.2, -0.15) is 8.78 Å². The average Bonchev–Trinajstić information content (AvgIpc) is 2.01. The minimum atomic E-state index is -3.09. The quantitative estimate of drug-likeness (QED) is 0.577. The van der Waals surface area contributed by atoms with Gasteiger partial charge in [-0.05, 0) is 6.26 Å². The molecule has 0 aliphatic rings. The molecule has 6 heteroatoms. The fourth-order valence-electron chi connectivity index (χ4n) is 0.903. The Labute approximate surface area is 82.1 Å². The summed E-state index contributed by atoms with van der Waals surface area (Å²) < 4.78 is 53.2. The summed E-state index contributed by atoms with van der Waals surface area (Å²) in [5, 5.41) is 0. The van der Waals surface area contributed by atoms with E-state index in [0.29, 0.717) is 0 Å². The summed E-state index contributed by atoms with van der Waals surface area (Å²) >= 11 is 0.857. The van der Waals surface area contributed by atoms with Crippen LogP contribution in [0.4, 0.5) is 17.6 Å². The van der Waals surface area contributed by atoms with E-state index in [4.69, 9.17) is 0 Å². The van der Waals surface area contributed by atoms with Crippen molar-refractivity contribution < 1.29 is 22.3 Å². The van der Waals surface area contributed by atoms with Crippen LogP contribution >= 0.6 is 11.8 Å². The van der Waals surface area contributed by atoms with Crippen LogP contribution < -0.4 is 4.74 Å². The molecule has 1 aromatic carbocycles. The van der Waals surface area contributed by atoms with Crippen molar-refractivity contribution in [3.05, 3.63) is 23.8 Å². The first-order valence-corrected chi connectivity index (χ1v) is 4.75. The first kappa shape index (κ1) is 11.2. The standard InChI is InChI=1S/C8H6F4OS/c1-14-7-5(9)2-4(3-6(7)10)13-8(11)12/h2-3,8H,1H3. The molecule has 0 fully saturated rings. The molecule has 0 bridgehead atoms. The SMILES string of the molecule is CSc1c(F)cc(OC(F)F)cc1F. The van der Waals surface area contributed by atoms with Crippen LogP contribution in [0.15, 0.2) is 17.0 Å². The van der Waals surface area contributed by atoms with Crippen LogP contribution in [-0.4, -0.2) is 12.9 Å². The van der Waals surface area contributed by atoms with Crippen LogP contribution in [0, 0.1) is 11.6 Å². The molecule has 0 saturated carbocycles. The summed E-state index contributed by atoms with van der Waals surface area (Å²) in [7, 11) is 0. The monoisotopic (exact) mass is 226 g/mol. The molecule has 0 aromatic heterocycles. The molecule has 1 aromatic rings. The molecule has 1 rings (SSSR count). The third-order valence-corrected chi connectivity index (χ3v) is 2.20. The van der Waals surface area contributed by atoms with Gasteiger partial charge >= 0.3 is 6.61 Å². The Hall–Kier alpha value is -0.910. The molecule has 0 unspecified atom stereocenters. The lowest BCUT2D eigenvalue weighted by atomic mass is 10.3. The number of thioether (sulfide) groups is 1. The van der Waals surface area contributed by atoms with E-state index in [1.807, 2.05) is 0 Å². The maximum absolute atomic E-state index is 13.0. The first-order valence-electron chi connectivity index (χ1n) is 3.52. The van der Waals surface area contributed by atoms with Gasteiger partial charge in [0.25, 0.3) is 0 Å². The lowest BCUT2D eigenvalue weighted by Crippen LogP contribution is -2.03. The maximum atomic E-state index is 13.0. The number of rotatable bonds is 3. The largest absolute Gasteiger partial charge is 0.435 e. The number of hydrogen-bond donors (Lipinski definition) is 0. The van der Waals surface area contributed by atoms with Gasteiger partial charge in [0.15, 0.2) is 0 Å². The highest BCUT2D eigenvalue weighted by atomic mass is 32.2. The number of alkyl halides is 2. The lowest BCUT2D eigenvalue weighted by Gasteiger charge is -2.06. The van der Waals surface area contributed by atoms with E-state index in [2.05, 4.69) is 4.74 Å². The molecule has 0 atom stereocenters. The fourth-order valence-corrected chi connectivity index (χ4v) is 1.41. The van der Waals surface area contributed by atoms with Gasteiger partial charge in [0, 0.05) is 12.1 Å². The molecule has 14 heavy (non-hydrogen) atoms. The zero-order valence-corrected chi connectivity index (χ0v) is 7.88. The second-order valence-electron chi connectivity index (χ2n) is 2.30. The summed E-state index contributed by atoms with van der Waals surface area (Å²) in [6, 6.07) is 1.45. The molecule has 0 spiro atoms. The van der Waals surface area contributed by atoms with E-state index >= 15 is 0 Å². The van der Waals surface area contributed by atoms with E-state index in [1.54, 1.807) is 0 Å². The Kier molecular flexibility index (Phi) is 3.62. The Morgan fingerprint density at radius 3 is 2.07 bits per heavy atom. The number of ether oxygens (including phenoxy) is 1. The molecule has 1 nitrogen and oxygen atoms in total. The Morgan fingerprint density at radius 2 is 1.71 bits per heavy atom. The summed E-state index contributed by atoms with van der Waals surface area (Å²) in [4.78, 5) is -0.216. The number of halogens is 4. The molecule has 0 radical (unpaired) electrons. The van der Waals surface area contributed by atoms with Crippen LogP contribution in [0.25, 0.3) is 0 Å². The normalized spacial score (nSPS) is 10.7. The molecule has 0 aliphatic carbocycles. The predicted molar refractivity (Wildman–Crippen MR) is 44.8 cm³/mol. The Balaban J connectivity index is 3.01. The van der Waals surface area contributed by atoms with Gasteiger partial charge in [-0.25, -0.2) is 8.78 Å². The van der Waals surface area contributed by atoms with Gasteiger partial charge in [0.05, 0.1) is 4.90 Å². The second kappa shape index (κ2) is 4.54. The van der Waals surface area contributed by atoms with E-state index in [0.717, 1.165) is 23.9 Å². The topological polar surface area (TPSA) is 9.23 Å². The lowest BCUT2D eigenvalue weighted by molar-refractivity contribution is -0.0502. The minimum absolute atomic E-state index is 0.216. The van der Waals surface area contributed by atoms with Crippen molar-refractivity contribution in [2.24, 2.45) is 0 Å². The average molecular weight is 226 g/mol.